The highest BCUT2D eigenvalue weighted by atomic mass is 35.5. The summed E-state index contributed by atoms with van der Waals surface area (Å²) in [5.74, 6) is 0.841. The van der Waals surface area contributed by atoms with Gasteiger partial charge in [-0.1, -0.05) is 35.9 Å². The zero-order chi connectivity index (χ0) is 22.1. The standard InChI is InChI=1S/C24H23ClFN5O/c25-16-5-3-4-15(12-16)13-22-27-14-21-23(30-22)31(17-8-10-18(32)11-9-17)24(29-21)28-20-7-2-1-6-19(20)26/h1-7,12,14,17-18,32H,8-11,13H2,(H,28,29). The second-order valence-electron chi connectivity index (χ2n) is 8.17. The van der Waals surface area contributed by atoms with E-state index in [1.807, 2.05) is 28.8 Å². The first-order chi connectivity index (χ1) is 15.6. The van der Waals surface area contributed by atoms with Crippen molar-refractivity contribution in [2.24, 2.45) is 0 Å². The fourth-order valence-electron chi connectivity index (χ4n) is 4.27. The van der Waals surface area contributed by atoms with Crippen molar-refractivity contribution in [2.75, 3.05) is 5.32 Å². The number of nitrogens with zero attached hydrogens (tertiary/aromatic N) is 4. The van der Waals surface area contributed by atoms with Crippen molar-refractivity contribution in [1.29, 1.82) is 0 Å². The molecular weight excluding hydrogens is 429 g/mol. The van der Waals surface area contributed by atoms with E-state index in [-0.39, 0.29) is 18.0 Å². The van der Waals surface area contributed by atoms with E-state index in [9.17, 15) is 9.50 Å². The number of hydrogen-bond donors (Lipinski definition) is 2. The van der Waals surface area contributed by atoms with E-state index in [1.54, 1.807) is 24.4 Å². The summed E-state index contributed by atoms with van der Waals surface area (Å²) < 4.78 is 16.4. The molecule has 0 radical (unpaired) electrons. The molecule has 164 valence electrons. The minimum atomic E-state index is -0.349. The van der Waals surface area contributed by atoms with Crippen LogP contribution in [0.4, 0.5) is 16.0 Å². The molecular formula is C24H23ClFN5O. The van der Waals surface area contributed by atoms with Gasteiger partial charge in [-0.2, -0.15) is 0 Å². The highest BCUT2D eigenvalue weighted by Crippen LogP contribution is 2.35. The number of imidazole rings is 1. The molecule has 2 aromatic heterocycles. The molecule has 0 saturated heterocycles. The molecule has 6 nitrogen and oxygen atoms in total. The molecule has 0 amide bonds. The van der Waals surface area contributed by atoms with Crippen molar-refractivity contribution in [1.82, 2.24) is 19.5 Å². The third kappa shape index (κ3) is 4.31. The number of aliphatic hydroxyl groups is 1. The Bertz CT molecular complexity index is 1250. The lowest BCUT2D eigenvalue weighted by molar-refractivity contribution is 0.112. The van der Waals surface area contributed by atoms with Gasteiger partial charge in [0.1, 0.15) is 17.2 Å². The first-order valence-electron chi connectivity index (χ1n) is 10.7. The molecule has 32 heavy (non-hydrogen) atoms. The summed E-state index contributed by atoms with van der Waals surface area (Å²) in [7, 11) is 0. The van der Waals surface area contributed by atoms with E-state index < -0.39 is 0 Å². The van der Waals surface area contributed by atoms with E-state index in [0.717, 1.165) is 18.4 Å². The molecule has 0 unspecified atom stereocenters. The lowest BCUT2D eigenvalue weighted by Crippen LogP contribution is -2.22. The fraction of sp³-hybridized carbons (Fsp3) is 0.292. The third-order valence-electron chi connectivity index (χ3n) is 5.89. The molecule has 2 aromatic carbocycles. The zero-order valence-corrected chi connectivity index (χ0v) is 18.1. The highest BCUT2D eigenvalue weighted by molar-refractivity contribution is 6.30. The number of benzene rings is 2. The van der Waals surface area contributed by atoms with Crippen molar-refractivity contribution in [3.8, 4) is 0 Å². The molecule has 2 heterocycles. The lowest BCUT2D eigenvalue weighted by atomic mass is 9.93. The van der Waals surface area contributed by atoms with E-state index in [2.05, 4.69) is 15.3 Å². The Morgan fingerprint density at radius 2 is 1.88 bits per heavy atom. The molecule has 8 heteroatoms. The second kappa shape index (κ2) is 8.84. The molecule has 5 rings (SSSR count). The number of anilines is 2. The van der Waals surface area contributed by atoms with Gasteiger partial charge in [0.25, 0.3) is 0 Å². The van der Waals surface area contributed by atoms with Crippen LogP contribution in [0.3, 0.4) is 0 Å². The van der Waals surface area contributed by atoms with Gasteiger partial charge in [-0.05, 0) is 55.5 Å². The van der Waals surface area contributed by atoms with Gasteiger partial charge in [0, 0.05) is 17.5 Å². The Morgan fingerprint density at radius 3 is 2.66 bits per heavy atom. The van der Waals surface area contributed by atoms with E-state index >= 15 is 0 Å². The quantitative estimate of drug-likeness (QED) is 0.423. The van der Waals surface area contributed by atoms with Gasteiger partial charge in [-0.25, -0.2) is 19.3 Å². The average molecular weight is 452 g/mol. The first kappa shape index (κ1) is 20.8. The number of nitrogens with one attached hydrogen (secondary N) is 1. The molecule has 1 aliphatic carbocycles. The Labute approximate surface area is 190 Å². The summed E-state index contributed by atoms with van der Waals surface area (Å²) in [4.78, 5) is 14.0. The number of rotatable bonds is 5. The fourth-order valence-corrected chi connectivity index (χ4v) is 4.49. The molecule has 0 spiro atoms. The van der Waals surface area contributed by atoms with Crippen LogP contribution in [-0.2, 0) is 6.42 Å². The van der Waals surface area contributed by atoms with Crippen molar-refractivity contribution in [3.05, 3.63) is 77.0 Å². The Kier molecular flexibility index (Phi) is 5.76. The van der Waals surface area contributed by atoms with Gasteiger partial charge in [-0.15, -0.1) is 0 Å². The number of aliphatic hydroxyl groups excluding tert-OH is 1. The largest absolute Gasteiger partial charge is 0.393 e. The van der Waals surface area contributed by atoms with Crippen LogP contribution in [-0.4, -0.2) is 30.7 Å². The number of hydrogen-bond acceptors (Lipinski definition) is 5. The van der Waals surface area contributed by atoms with E-state index in [1.165, 1.54) is 6.07 Å². The molecule has 2 N–H and O–H groups in total. The van der Waals surface area contributed by atoms with Gasteiger partial charge in [0.2, 0.25) is 5.95 Å². The van der Waals surface area contributed by atoms with Crippen LogP contribution in [0.2, 0.25) is 5.02 Å². The maximum atomic E-state index is 14.3. The monoisotopic (exact) mass is 451 g/mol. The smallest absolute Gasteiger partial charge is 0.210 e. The summed E-state index contributed by atoms with van der Waals surface area (Å²) in [5, 5.41) is 13.8. The van der Waals surface area contributed by atoms with Gasteiger partial charge >= 0.3 is 0 Å². The summed E-state index contributed by atoms with van der Waals surface area (Å²) in [6, 6.07) is 14.3. The van der Waals surface area contributed by atoms with Crippen molar-refractivity contribution < 1.29 is 9.50 Å². The zero-order valence-electron chi connectivity index (χ0n) is 17.4. The molecule has 0 bridgehead atoms. The maximum absolute atomic E-state index is 14.3. The number of halogens is 2. The van der Waals surface area contributed by atoms with Crippen LogP contribution in [0.5, 0.6) is 0 Å². The Hall–Kier alpha value is -3.03. The van der Waals surface area contributed by atoms with Gasteiger partial charge in [-0.3, -0.25) is 4.57 Å². The predicted octanol–water partition coefficient (Wildman–Crippen LogP) is 5.43. The van der Waals surface area contributed by atoms with Crippen LogP contribution < -0.4 is 5.32 Å². The third-order valence-corrected chi connectivity index (χ3v) is 6.12. The van der Waals surface area contributed by atoms with Crippen LogP contribution in [0.1, 0.15) is 43.1 Å². The minimum Gasteiger partial charge on any atom is -0.393 e. The number of para-hydroxylation sites is 1. The molecule has 0 atom stereocenters. The van der Waals surface area contributed by atoms with Crippen molar-refractivity contribution in [2.45, 2.75) is 44.2 Å². The predicted molar refractivity (Wildman–Crippen MR) is 123 cm³/mol. The van der Waals surface area contributed by atoms with Crippen LogP contribution in [0.15, 0.2) is 54.7 Å². The number of aromatic nitrogens is 4. The summed E-state index contributed by atoms with van der Waals surface area (Å²) in [5.41, 5.74) is 2.72. The average Bonchev–Trinajstić information content (AvgIpc) is 3.13. The van der Waals surface area contributed by atoms with Crippen LogP contribution in [0, 0.1) is 5.82 Å². The van der Waals surface area contributed by atoms with Gasteiger partial charge < -0.3 is 10.4 Å². The molecule has 1 saturated carbocycles. The number of fused-ring (bicyclic) bond motifs is 1. The normalized spacial score (nSPS) is 18.7. The summed E-state index contributed by atoms with van der Waals surface area (Å²) >= 11 is 6.12. The summed E-state index contributed by atoms with van der Waals surface area (Å²) in [6.07, 6.45) is 4.99. The van der Waals surface area contributed by atoms with Crippen LogP contribution in [0.25, 0.3) is 11.2 Å². The highest BCUT2D eigenvalue weighted by Gasteiger charge is 2.26. The molecule has 0 aliphatic heterocycles. The maximum Gasteiger partial charge on any atom is 0.210 e. The second-order valence-corrected chi connectivity index (χ2v) is 8.61. The molecule has 1 aliphatic rings. The Morgan fingerprint density at radius 1 is 1.06 bits per heavy atom. The Balaban J connectivity index is 1.56. The van der Waals surface area contributed by atoms with Gasteiger partial charge in [0.05, 0.1) is 18.0 Å². The first-order valence-corrected chi connectivity index (χ1v) is 11.1. The van der Waals surface area contributed by atoms with Crippen LogP contribution >= 0.6 is 11.6 Å². The summed E-state index contributed by atoms with van der Waals surface area (Å²) in [6.45, 7) is 0. The van der Waals surface area contributed by atoms with Crippen molar-refractivity contribution >= 4 is 34.4 Å². The van der Waals surface area contributed by atoms with E-state index in [0.29, 0.717) is 52.9 Å². The van der Waals surface area contributed by atoms with E-state index in [4.69, 9.17) is 16.6 Å². The van der Waals surface area contributed by atoms with Gasteiger partial charge in [0.15, 0.2) is 5.65 Å². The topological polar surface area (TPSA) is 75.9 Å². The van der Waals surface area contributed by atoms with Crippen molar-refractivity contribution in [3.63, 3.8) is 0 Å². The molecule has 4 aromatic rings. The lowest BCUT2D eigenvalue weighted by Gasteiger charge is -2.28. The SMILES string of the molecule is OC1CCC(n2c(Nc3ccccc3F)nc3cnc(Cc4cccc(Cl)c4)nc32)CC1. The minimum absolute atomic E-state index is 0.103. The molecule has 1 fully saturated rings.